The molecule has 2 aliphatic carbocycles. The minimum Gasteiger partial charge on any atom is -0.456 e. The van der Waals surface area contributed by atoms with Crippen LogP contribution in [0.3, 0.4) is 0 Å². The molecule has 9 aromatic rings. The lowest BCUT2D eigenvalue weighted by Gasteiger charge is -2.39. The van der Waals surface area contributed by atoms with Gasteiger partial charge in [-0.25, -0.2) is 0 Å². The smallest absolute Gasteiger partial charge is 0.135 e. The van der Waals surface area contributed by atoms with Gasteiger partial charge in [0.05, 0.1) is 33.5 Å². The van der Waals surface area contributed by atoms with Crippen molar-refractivity contribution in [1.82, 2.24) is 4.57 Å². The molecule has 1 N–H and O–H groups in total. The maximum atomic E-state index is 9.77. The van der Waals surface area contributed by atoms with E-state index in [-0.39, 0.29) is 0 Å². The number of para-hydroxylation sites is 4. The summed E-state index contributed by atoms with van der Waals surface area (Å²) in [5.41, 5.74) is 17.7. The number of allylic oxidation sites excluding steroid dienone is 2. The van der Waals surface area contributed by atoms with Crippen LogP contribution in [-0.4, -0.2) is 17.0 Å². The van der Waals surface area contributed by atoms with Gasteiger partial charge in [-0.15, -0.1) is 0 Å². The highest BCUT2D eigenvalue weighted by Crippen LogP contribution is 2.62. The summed E-state index contributed by atoms with van der Waals surface area (Å²) >= 11 is 0. The first-order valence-corrected chi connectivity index (χ1v) is 19.6. The highest BCUT2D eigenvalue weighted by Gasteiger charge is 2.51. The Balaban J connectivity index is 1.16. The third-order valence-corrected chi connectivity index (χ3v) is 12.7. The van der Waals surface area contributed by atoms with Crippen LogP contribution in [0.2, 0.25) is 0 Å². The second-order valence-electron chi connectivity index (χ2n) is 15.4. The second-order valence-corrected chi connectivity index (χ2v) is 15.4. The van der Waals surface area contributed by atoms with Gasteiger partial charge in [0.2, 0.25) is 0 Å². The van der Waals surface area contributed by atoms with Gasteiger partial charge in [0, 0.05) is 32.8 Å². The van der Waals surface area contributed by atoms with Gasteiger partial charge >= 0.3 is 0 Å². The molecule has 0 saturated carbocycles. The van der Waals surface area contributed by atoms with Gasteiger partial charge in [-0.05, 0) is 100 Å². The van der Waals surface area contributed by atoms with Crippen LogP contribution >= 0.6 is 0 Å². The summed E-state index contributed by atoms with van der Waals surface area (Å²) in [5.74, 6) is 0.952. The highest BCUT2D eigenvalue weighted by molar-refractivity contribution is 6.17. The number of benzene rings is 7. The van der Waals surface area contributed by atoms with E-state index in [2.05, 4.69) is 144 Å². The molecule has 3 aliphatic rings. The number of aromatic nitrogens is 1. The molecule has 0 bridgehead atoms. The van der Waals surface area contributed by atoms with Crippen molar-refractivity contribution in [3.8, 4) is 16.8 Å². The summed E-state index contributed by atoms with van der Waals surface area (Å²) in [6.07, 6.45) is 5.96. The fourth-order valence-corrected chi connectivity index (χ4v) is 10.3. The first-order valence-electron chi connectivity index (χ1n) is 19.6. The van der Waals surface area contributed by atoms with E-state index in [1.807, 2.05) is 42.5 Å². The predicted molar refractivity (Wildman–Crippen MR) is 235 cm³/mol. The fraction of sp³-hybridized carbons (Fsp3) is 0.0566. The number of hydrogen-bond acceptors (Lipinski definition) is 3. The van der Waals surface area contributed by atoms with E-state index in [0.717, 1.165) is 46.4 Å². The number of rotatable bonds is 5. The molecule has 0 amide bonds. The molecule has 7 aromatic carbocycles. The molecule has 0 fully saturated rings. The van der Waals surface area contributed by atoms with Gasteiger partial charge in [-0.1, -0.05) is 133 Å². The molecule has 268 valence electrons. The van der Waals surface area contributed by atoms with Crippen LogP contribution in [0.15, 0.2) is 173 Å². The summed E-state index contributed by atoms with van der Waals surface area (Å²) in [4.78, 5) is 4.41. The molecule has 1 unspecified atom stereocenters. The van der Waals surface area contributed by atoms with Crippen molar-refractivity contribution in [1.29, 1.82) is 5.41 Å². The zero-order valence-electron chi connectivity index (χ0n) is 31.1. The lowest BCUT2D eigenvalue weighted by molar-refractivity contribution is 0.596. The van der Waals surface area contributed by atoms with Gasteiger partial charge in [-0.3, -0.25) is 4.99 Å². The first kappa shape index (κ1) is 32.0. The van der Waals surface area contributed by atoms with E-state index in [1.54, 1.807) is 0 Å². The summed E-state index contributed by atoms with van der Waals surface area (Å²) in [6.45, 7) is 3.91. The lowest BCUT2D eigenvalue weighted by atomic mass is 9.65. The number of nitrogens with one attached hydrogen (secondary N) is 1. The van der Waals surface area contributed by atoms with Gasteiger partial charge in [0.1, 0.15) is 11.3 Å². The van der Waals surface area contributed by atoms with Gasteiger partial charge < -0.3 is 14.4 Å². The molecule has 12 rings (SSSR count). The maximum Gasteiger partial charge on any atom is 0.135 e. The Morgan fingerprint density at radius 2 is 1.42 bits per heavy atom. The lowest BCUT2D eigenvalue weighted by Crippen LogP contribution is -2.33. The van der Waals surface area contributed by atoms with Crippen molar-refractivity contribution in [2.75, 3.05) is 0 Å². The van der Waals surface area contributed by atoms with Crippen LogP contribution in [0.25, 0.3) is 66.9 Å². The fourth-order valence-electron chi connectivity index (χ4n) is 10.3. The molecule has 1 aliphatic heterocycles. The monoisotopic (exact) mass is 729 g/mol. The molecule has 4 nitrogen and oxygen atoms in total. The summed E-state index contributed by atoms with van der Waals surface area (Å²) in [6, 6.07) is 56.5. The highest BCUT2D eigenvalue weighted by atomic mass is 16.3. The van der Waals surface area contributed by atoms with Crippen LogP contribution in [0, 0.1) is 5.41 Å². The van der Waals surface area contributed by atoms with Crippen molar-refractivity contribution in [2.45, 2.75) is 18.3 Å². The molecule has 1 atom stereocenters. The van der Waals surface area contributed by atoms with Crippen LogP contribution < -0.4 is 0 Å². The number of aliphatic imine (C=N–C) groups is 1. The maximum absolute atomic E-state index is 9.77. The minimum absolute atomic E-state index is 0.395. The summed E-state index contributed by atoms with van der Waals surface area (Å²) in [7, 11) is 0. The zero-order chi connectivity index (χ0) is 37.8. The molecular weight excluding hydrogens is 695 g/mol. The SMILES string of the molecule is C=N/C(=C\C(=N)c1cccc2c1-c1cc(C3=Cc4oc5ccccc5c4CC3)ccc1C21c2ccccc2-n2c3ccccc3c3cccc1c32)c1ccccc1. The first-order chi connectivity index (χ1) is 28.1. The van der Waals surface area contributed by atoms with Crippen molar-refractivity contribution in [3.05, 3.63) is 214 Å². The Labute approximate surface area is 329 Å². The van der Waals surface area contributed by atoms with E-state index in [4.69, 9.17) is 4.42 Å². The Kier molecular flexibility index (Phi) is 6.65. The van der Waals surface area contributed by atoms with Crippen molar-refractivity contribution in [3.63, 3.8) is 0 Å². The van der Waals surface area contributed by atoms with Gasteiger partial charge in [0.15, 0.2) is 0 Å². The molecule has 0 radical (unpaired) electrons. The van der Waals surface area contributed by atoms with Gasteiger partial charge in [0.25, 0.3) is 0 Å². The largest absolute Gasteiger partial charge is 0.456 e. The van der Waals surface area contributed by atoms with Crippen LogP contribution in [0.1, 0.15) is 56.7 Å². The quantitative estimate of drug-likeness (QED) is 0.176. The Bertz CT molecular complexity index is 3280. The molecular formula is C53H35N3O. The van der Waals surface area contributed by atoms with Crippen LogP contribution in [-0.2, 0) is 11.8 Å². The third-order valence-electron chi connectivity index (χ3n) is 12.7. The molecule has 4 heteroatoms. The van der Waals surface area contributed by atoms with E-state index < -0.39 is 5.41 Å². The summed E-state index contributed by atoms with van der Waals surface area (Å²) < 4.78 is 8.89. The molecule has 3 heterocycles. The number of aryl methyl sites for hydroxylation is 1. The average Bonchev–Trinajstić information content (AvgIpc) is 3.91. The Morgan fingerprint density at radius 3 is 2.32 bits per heavy atom. The summed E-state index contributed by atoms with van der Waals surface area (Å²) in [5, 5.41) is 13.5. The number of furan rings is 1. The molecule has 1 spiro atoms. The molecule has 2 aromatic heterocycles. The van der Waals surface area contributed by atoms with Crippen LogP contribution in [0.5, 0.6) is 0 Å². The third kappa shape index (κ3) is 4.27. The molecule has 57 heavy (non-hydrogen) atoms. The van der Waals surface area contributed by atoms with Crippen molar-refractivity contribution >= 4 is 62.6 Å². The Hall–Kier alpha value is -7.30. The van der Waals surface area contributed by atoms with Crippen LogP contribution in [0.4, 0.5) is 0 Å². The second kappa shape index (κ2) is 11.8. The number of fused-ring (bicyclic) bond motifs is 15. The standard InChI is InChI=1S/C53H35N3O/c1-55-46(32-13-3-2-4-14-32)31-45(54)39-18-12-20-43-51(39)40-29-33(34-25-27-37-36-16-6-10-24-49(36)57-50(37)30-34)26-28-41(40)53(43)42-19-7-9-23-48(42)56-47-22-8-5-15-35(47)38-17-11-21-44(53)52(38)56/h2-24,26,28-31,54H,1,25,27H2/b46-31-,54-45?. The number of nitrogens with zero attached hydrogens (tertiary/aromatic N) is 2. The predicted octanol–water partition coefficient (Wildman–Crippen LogP) is 12.8. The normalized spacial score (nSPS) is 16.4. The van der Waals surface area contributed by atoms with Crippen molar-refractivity contribution < 1.29 is 4.42 Å². The van der Waals surface area contributed by atoms with E-state index >= 15 is 0 Å². The Morgan fingerprint density at radius 1 is 0.684 bits per heavy atom. The molecule has 0 saturated heterocycles. The van der Waals surface area contributed by atoms with E-state index in [1.165, 1.54) is 71.8 Å². The van der Waals surface area contributed by atoms with E-state index in [9.17, 15) is 5.41 Å². The number of hydrogen-bond donors (Lipinski definition) is 1. The zero-order valence-corrected chi connectivity index (χ0v) is 31.1. The van der Waals surface area contributed by atoms with Crippen molar-refractivity contribution in [2.24, 2.45) is 4.99 Å². The minimum atomic E-state index is -0.629. The average molecular weight is 730 g/mol. The topological polar surface area (TPSA) is 54.3 Å². The van der Waals surface area contributed by atoms with Gasteiger partial charge in [-0.2, -0.15) is 0 Å². The van der Waals surface area contributed by atoms with E-state index in [0.29, 0.717) is 11.4 Å².